The van der Waals surface area contributed by atoms with Crippen LogP contribution in [-0.2, 0) is 4.79 Å². The fourth-order valence-corrected chi connectivity index (χ4v) is 2.98. The van der Waals surface area contributed by atoms with Gasteiger partial charge in [-0.1, -0.05) is 6.42 Å². The lowest BCUT2D eigenvalue weighted by Gasteiger charge is -2.29. The number of piperidine rings is 1. The molecule has 0 aromatic carbocycles. The molecule has 2 fully saturated rings. The van der Waals surface area contributed by atoms with Crippen molar-refractivity contribution in [1.82, 2.24) is 15.1 Å². The summed E-state index contributed by atoms with van der Waals surface area (Å²) in [5.41, 5.74) is 0. The van der Waals surface area contributed by atoms with E-state index in [0.29, 0.717) is 11.8 Å². The summed E-state index contributed by atoms with van der Waals surface area (Å²) >= 11 is 0. The maximum atomic E-state index is 12.2. The number of carbonyl (C=O) groups is 1. The highest BCUT2D eigenvalue weighted by atomic mass is 16.2. The number of hydrogen-bond donors (Lipinski definition) is 1. The van der Waals surface area contributed by atoms with Crippen LogP contribution in [0.25, 0.3) is 0 Å². The molecule has 1 N–H and O–H groups in total. The molecule has 2 saturated heterocycles. The quantitative estimate of drug-likeness (QED) is 0.781. The van der Waals surface area contributed by atoms with E-state index in [-0.39, 0.29) is 6.04 Å². The fourth-order valence-electron chi connectivity index (χ4n) is 2.98. The van der Waals surface area contributed by atoms with Gasteiger partial charge in [0.2, 0.25) is 5.91 Å². The lowest BCUT2D eigenvalue weighted by Crippen LogP contribution is -2.48. The smallest absolute Gasteiger partial charge is 0.239 e. The van der Waals surface area contributed by atoms with E-state index in [0.717, 1.165) is 26.1 Å². The third-order valence-corrected chi connectivity index (χ3v) is 4.01. The summed E-state index contributed by atoms with van der Waals surface area (Å²) in [7, 11) is 4.11. The van der Waals surface area contributed by atoms with Gasteiger partial charge < -0.3 is 15.1 Å². The second-order valence-electron chi connectivity index (χ2n) is 5.64. The van der Waals surface area contributed by atoms with E-state index in [4.69, 9.17) is 0 Å². The maximum absolute atomic E-state index is 12.2. The number of rotatable bonds is 3. The van der Waals surface area contributed by atoms with Crippen LogP contribution in [0.2, 0.25) is 0 Å². The first-order valence-electron chi connectivity index (χ1n) is 6.83. The molecule has 0 bridgehead atoms. The second kappa shape index (κ2) is 5.83. The average molecular weight is 239 g/mol. The third kappa shape index (κ3) is 3.42. The first kappa shape index (κ1) is 12.8. The van der Waals surface area contributed by atoms with Gasteiger partial charge in [-0.05, 0) is 45.3 Å². The zero-order valence-corrected chi connectivity index (χ0v) is 11.1. The first-order valence-corrected chi connectivity index (χ1v) is 6.83. The Labute approximate surface area is 104 Å². The van der Waals surface area contributed by atoms with Crippen molar-refractivity contribution in [2.45, 2.75) is 31.7 Å². The van der Waals surface area contributed by atoms with Crippen molar-refractivity contribution in [3.8, 4) is 0 Å². The molecule has 4 heteroatoms. The Morgan fingerprint density at radius 2 is 2.24 bits per heavy atom. The van der Waals surface area contributed by atoms with Gasteiger partial charge in [0.25, 0.3) is 0 Å². The van der Waals surface area contributed by atoms with Crippen LogP contribution in [-0.4, -0.2) is 62.0 Å². The normalized spacial score (nSPS) is 30.5. The molecule has 2 atom stereocenters. The Kier molecular flexibility index (Phi) is 4.40. The van der Waals surface area contributed by atoms with Crippen LogP contribution in [0.15, 0.2) is 0 Å². The lowest BCUT2D eigenvalue weighted by atomic mass is 10.0. The van der Waals surface area contributed by atoms with Gasteiger partial charge in [-0.2, -0.15) is 0 Å². The van der Waals surface area contributed by atoms with Crippen molar-refractivity contribution in [3.63, 3.8) is 0 Å². The van der Waals surface area contributed by atoms with Gasteiger partial charge in [0.15, 0.2) is 0 Å². The highest BCUT2D eigenvalue weighted by molar-refractivity contribution is 5.81. The minimum absolute atomic E-state index is 0.0767. The Balaban J connectivity index is 1.78. The molecule has 4 nitrogen and oxygen atoms in total. The molecule has 0 radical (unpaired) electrons. The molecule has 1 amide bonds. The van der Waals surface area contributed by atoms with Crippen LogP contribution in [0.4, 0.5) is 0 Å². The minimum atomic E-state index is 0.0767. The molecule has 2 heterocycles. The molecule has 98 valence electrons. The summed E-state index contributed by atoms with van der Waals surface area (Å²) in [5, 5.41) is 3.33. The van der Waals surface area contributed by atoms with Crippen LogP contribution >= 0.6 is 0 Å². The van der Waals surface area contributed by atoms with E-state index >= 15 is 0 Å². The molecule has 0 aromatic heterocycles. The van der Waals surface area contributed by atoms with Gasteiger partial charge >= 0.3 is 0 Å². The molecule has 2 rings (SSSR count). The Morgan fingerprint density at radius 1 is 1.41 bits per heavy atom. The van der Waals surface area contributed by atoms with E-state index in [1.165, 1.54) is 25.8 Å². The standard InChI is InChI=1S/C13H25N3O/c1-15-8-6-11(9-15)10-16(2)13(17)12-5-3-4-7-14-12/h11-12,14H,3-10H2,1-2H3. The fraction of sp³-hybridized carbons (Fsp3) is 0.923. The predicted molar refractivity (Wildman–Crippen MR) is 68.9 cm³/mol. The van der Waals surface area contributed by atoms with Crippen LogP contribution in [0.5, 0.6) is 0 Å². The summed E-state index contributed by atoms with van der Waals surface area (Å²) < 4.78 is 0. The number of nitrogens with one attached hydrogen (secondary N) is 1. The van der Waals surface area contributed by atoms with Gasteiger partial charge in [-0.3, -0.25) is 4.79 Å². The largest absolute Gasteiger partial charge is 0.344 e. The zero-order valence-electron chi connectivity index (χ0n) is 11.1. The van der Waals surface area contributed by atoms with Crippen LogP contribution < -0.4 is 5.32 Å². The van der Waals surface area contributed by atoms with Crippen molar-refractivity contribution in [3.05, 3.63) is 0 Å². The monoisotopic (exact) mass is 239 g/mol. The lowest BCUT2D eigenvalue weighted by molar-refractivity contribution is -0.133. The van der Waals surface area contributed by atoms with E-state index < -0.39 is 0 Å². The molecular formula is C13H25N3O. The van der Waals surface area contributed by atoms with E-state index in [1.807, 2.05) is 11.9 Å². The summed E-state index contributed by atoms with van der Waals surface area (Å²) in [6.07, 6.45) is 4.63. The van der Waals surface area contributed by atoms with Crippen LogP contribution in [0, 0.1) is 5.92 Å². The number of amides is 1. The number of likely N-dealkylation sites (tertiary alicyclic amines) is 1. The highest BCUT2D eigenvalue weighted by Crippen LogP contribution is 2.16. The van der Waals surface area contributed by atoms with Crippen molar-refractivity contribution in [2.75, 3.05) is 40.3 Å². The summed E-state index contributed by atoms with van der Waals surface area (Å²) in [4.78, 5) is 16.5. The number of hydrogen-bond acceptors (Lipinski definition) is 3. The predicted octanol–water partition coefficient (Wildman–Crippen LogP) is 0.539. The van der Waals surface area contributed by atoms with E-state index in [9.17, 15) is 4.79 Å². The Hall–Kier alpha value is -0.610. The molecule has 0 aromatic rings. The highest BCUT2D eigenvalue weighted by Gasteiger charge is 2.27. The molecule has 0 spiro atoms. The average Bonchev–Trinajstić information content (AvgIpc) is 2.75. The second-order valence-corrected chi connectivity index (χ2v) is 5.64. The maximum Gasteiger partial charge on any atom is 0.239 e. The zero-order chi connectivity index (χ0) is 12.3. The number of likely N-dealkylation sites (N-methyl/N-ethyl adjacent to an activating group) is 1. The van der Waals surface area contributed by atoms with Gasteiger partial charge in [-0.25, -0.2) is 0 Å². The van der Waals surface area contributed by atoms with Crippen molar-refractivity contribution in [1.29, 1.82) is 0 Å². The van der Waals surface area contributed by atoms with Crippen LogP contribution in [0.3, 0.4) is 0 Å². The first-order chi connectivity index (χ1) is 8.16. The molecular weight excluding hydrogens is 214 g/mol. The van der Waals surface area contributed by atoms with Gasteiger partial charge in [0.05, 0.1) is 6.04 Å². The summed E-state index contributed by atoms with van der Waals surface area (Å²) in [6.45, 7) is 4.22. The summed E-state index contributed by atoms with van der Waals surface area (Å²) in [6, 6.07) is 0.0767. The molecule has 2 aliphatic rings. The van der Waals surface area contributed by atoms with Gasteiger partial charge in [0.1, 0.15) is 0 Å². The molecule has 17 heavy (non-hydrogen) atoms. The molecule has 0 aliphatic carbocycles. The number of nitrogens with zero attached hydrogens (tertiary/aromatic N) is 2. The Morgan fingerprint density at radius 3 is 2.82 bits per heavy atom. The Bertz CT molecular complexity index is 263. The SMILES string of the molecule is CN1CCC(CN(C)C(=O)C2CCCCN2)C1. The number of carbonyl (C=O) groups excluding carboxylic acids is 1. The van der Waals surface area contributed by atoms with Crippen molar-refractivity contribution in [2.24, 2.45) is 5.92 Å². The molecule has 2 unspecified atom stereocenters. The van der Waals surface area contributed by atoms with Crippen molar-refractivity contribution < 1.29 is 4.79 Å². The summed E-state index contributed by atoms with van der Waals surface area (Å²) in [5.74, 6) is 0.955. The van der Waals surface area contributed by atoms with Gasteiger partial charge in [-0.15, -0.1) is 0 Å². The van der Waals surface area contributed by atoms with E-state index in [2.05, 4.69) is 17.3 Å². The minimum Gasteiger partial charge on any atom is -0.344 e. The topological polar surface area (TPSA) is 35.6 Å². The molecule has 0 saturated carbocycles. The van der Waals surface area contributed by atoms with Crippen molar-refractivity contribution >= 4 is 5.91 Å². The molecule has 2 aliphatic heterocycles. The third-order valence-electron chi connectivity index (χ3n) is 4.01. The van der Waals surface area contributed by atoms with E-state index in [1.54, 1.807) is 0 Å². The van der Waals surface area contributed by atoms with Crippen LogP contribution in [0.1, 0.15) is 25.7 Å². The van der Waals surface area contributed by atoms with Gasteiger partial charge in [0, 0.05) is 20.1 Å².